The lowest BCUT2D eigenvalue weighted by atomic mass is 9.96. The van der Waals surface area contributed by atoms with Crippen molar-refractivity contribution in [2.24, 2.45) is 0 Å². The van der Waals surface area contributed by atoms with Crippen LogP contribution in [0.4, 0.5) is 0 Å². The van der Waals surface area contributed by atoms with Gasteiger partial charge in [-0.25, -0.2) is 4.98 Å². The summed E-state index contributed by atoms with van der Waals surface area (Å²) in [6, 6.07) is 14.5. The quantitative estimate of drug-likeness (QED) is 0.305. The molecule has 0 saturated heterocycles. The highest BCUT2D eigenvalue weighted by Crippen LogP contribution is 2.35. The normalized spacial score (nSPS) is 13.0. The molecule has 6 nitrogen and oxygen atoms in total. The molecule has 2 heterocycles. The van der Waals surface area contributed by atoms with Gasteiger partial charge in [0.05, 0.1) is 26.9 Å². The van der Waals surface area contributed by atoms with E-state index in [-0.39, 0.29) is 16.2 Å². The molecule has 0 spiro atoms. The van der Waals surface area contributed by atoms with Crippen molar-refractivity contribution in [3.05, 3.63) is 75.6 Å². The van der Waals surface area contributed by atoms with Gasteiger partial charge in [-0.1, -0.05) is 73.6 Å². The van der Waals surface area contributed by atoms with Crippen LogP contribution in [-0.4, -0.2) is 19.7 Å². The highest BCUT2D eigenvalue weighted by atomic mass is 35.5. The molecular formula is C22H21ClN4O2S. The molecule has 1 atom stereocenters. The van der Waals surface area contributed by atoms with Crippen LogP contribution in [0, 0.1) is 0 Å². The molecule has 154 valence electrons. The zero-order valence-corrected chi connectivity index (χ0v) is 18.7. The van der Waals surface area contributed by atoms with Crippen molar-refractivity contribution >= 4 is 34.3 Å². The van der Waals surface area contributed by atoms with E-state index >= 15 is 0 Å². The van der Waals surface area contributed by atoms with Gasteiger partial charge in [0.1, 0.15) is 0 Å². The van der Waals surface area contributed by atoms with Gasteiger partial charge in [-0.05, 0) is 31.2 Å². The number of aromatic nitrogens is 4. The van der Waals surface area contributed by atoms with Crippen molar-refractivity contribution in [3.8, 4) is 5.69 Å². The maximum Gasteiger partial charge on any atom is 0.266 e. The summed E-state index contributed by atoms with van der Waals surface area (Å²) in [6.45, 7) is 8.03. The maximum absolute atomic E-state index is 13.4. The largest absolute Gasteiger partial charge is 0.338 e. The van der Waals surface area contributed by atoms with E-state index in [2.05, 4.69) is 10.1 Å². The molecule has 8 heteroatoms. The van der Waals surface area contributed by atoms with E-state index in [0.29, 0.717) is 38.5 Å². The van der Waals surface area contributed by atoms with E-state index < -0.39 is 0 Å². The van der Waals surface area contributed by atoms with Crippen LogP contribution < -0.4 is 5.56 Å². The van der Waals surface area contributed by atoms with Gasteiger partial charge in [0.15, 0.2) is 11.0 Å². The topological polar surface area (TPSA) is 73.8 Å². The third-order valence-corrected chi connectivity index (χ3v) is 5.94. The number of hydrogen-bond donors (Lipinski definition) is 0. The van der Waals surface area contributed by atoms with Crippen LogP contribution in [0.5, 0.6) is 0 Å². The first kappa shape index (κ1) is 20.6. The Balaban J connectivity index is 1.84. The smallest absolute Gasteiger partial charge is 0.266 e. The molecule has 0 aliphatic rings. The second-order valence-corrected chi connectivity index (χ2v) is 9.68. The van der Waals surface area contributed by atoms with Gasteiger partial charge < -0.3 is 4.52 Å². The average molecular weight is 441 g/mol. The number of para-hydroxylation sites is 2. The van der Waals surface area contributed by atoms with E-state index in [1.54, 1.807) is 22.8 Å². The van der Waals surface area contributed by atoms with Gasteiger partial charge in [0, 0.05) is 5.41 Å². The highest BCUT2D eigenvalue weighted by molar-refractivity contribution is 7.99. The van der Waals surface area contributed by atoms with Crippen molar-refractivity contribution in [2.45, 2.75) is 43.5 Å². The van der Waals surface area contributed by atoms with Gasteiger partial charge in [-0.3, -0.25) is 9.36 Å². The van der Waals surface area contributed by atoms with Crippen LogP contribution in [0.2, 0.25) is 5.02 Å². The molecule has 0 saturated carbocycles. The van der Waals surface area contributed by atoms with Gasteiger partial charge in [-0.2, -0.15) is 4.98 Å². The van der Waals surface area contributed by atoms with E-state index in [1.165, 1.54) is 11.8 Å². The van der Waals surface area contributed by atoms with E-state index in [9.17, 15) is 4.79 Å². The molecule has 0 N–H and O–H groups in total. The van der Waals surface area contributed by atoms with Crippen LogP contribution >= 0.6 is 23.4 Å². The Labute approximate surface area is 183 Å². The maximum atomic E-state index is 13.4. The minimum Gasteiger partial charge on any atom is -0.338 e. The van der Waals surface area contributed by atoms with Crippen molar-refractivity contribution < 1.29 is 4.52 Å². The van der Waals surface area contributed by atoms with Crippen LogP contribution in [-0.2, 0) is 5.41 Å². The number of rotatable bonds is 4. The molecule has 1 unspecified atom stereocenters. The summed E-state index contributed by atoms with van der Waals surface area (Å²) >= 11 is 7.80. The molecule has 0 amide bonds. The fraction of sp³-hybridized carbons (Fsp3) is 0.273. The highest BCUT2D eigenvalue weighted by Gasteiger charge is 2.25. The van der Waals surface area contributed by atoms with Crippen molar-refractivity contribution in [2.75, 3.05) is 0 Å². The number of nitrogens with zero attached hydrogens (tertiary/aromatic N) is 4. The van der Waals surface area contributed by atoms with E-state index in [0.717, 1.165) is 0 Å². The van der Waals surface area contributed by atoms with E-state index in [4.69, 9.17) is 21.1 Å². The lowest BCUT2D eigenvalue weighted by Crippen LogP contribution is -2.22. The number of benzene rings is 2. The monoisotopic (exact) mass is 440 g/mol. The molecule has 0 bridgehead atoms. The zero-order valence-electron chi connectivity index (χ0n) is 17.1. The first-order valence-corrected chi connectivity index (χ1v) is 10.8. The summed E-state index contributed by atoms with van der Waals surface area (Å²) in [7, 11) is 0. The summed E-state index contributed by atoms with van der Waals surface area (Å²) in [5.41, 5.74) is 0.816. The molecule has 0 radical (unpaired) electrons. The van der Waals surface area contributed by atoms with Crippen molar-refractivity contribution in [1.29, 1.82) is 0 Å². The van der Waals surface area contributed by atoms with Gasteiger partial charge in [0.25, 0.3) is 5.56 Å². The zero-order chi connectivity index (χ0) is 21.5. The molecule has 2 aromatic carbocycles. The Kier molecular flexibility index (Phi) is 5.42. The SMILES string of the molecule is CC(Sc1nc2ccccc2c(=O)n1-c1ccccc1Cl)c1nc(C(C)(C)C)no1. The molecular weight excluding hydrogens is 420 g/mol. The fourth-order valence-corrected chi connectivity index (χ4v) is 4.12. The summed E-state index contributed by atoms with van der Waals surface area (Å²) in [6.07, 6.45) is 0. The number of hydrogen-bond acceptors (Lipinski definition) is 6. The number of fused-ring (bicyclic) bond motifs is 1. The third-order valence-electron chi connectivity index (χ3n) is 4.58. The van der Waals surface area contributed by atoms with Crippen molar-refractivity contribution in [1.82, 2.24) is 19.7 Å². The molecule has 2 aromatic heterocycles. The lowest BCUT2D eigenvalue weighted by Gasteiger charge is -2.16. The van der Waals surface area contributed by atoms with Gasteiger partial charge in [-0.15, -0.1) is 0 Å². The summed E-state index contributed by atoms with van der Waals surface area (Å²) in [5.74, 6) is 1.12. The van der Waals surface area contributed by atoms with E-state index in [1.807, 2.05) is 58.0 Å². The minimum atomic E-state index is -0.215. The first-order chi connectivity index (χ1) is 14.3. The third kappa shape index (κ3) is 3.87. The Hall–Kier alpha value is -2.64. The summed E-state index contributed by atoms with van der Waals surface area (Å²) < 4.78 is 7.04. The predicted octanol–water partition coefficient (Wildman–Crippen LogP) is 5.57. The Bertz CT molecular complexity index is 1280. The predicted molar refractivity (Wildman–Crippen MR) is 120 cm³/mol. The summed E-state index contributed by atoms with van der Waals surface area (Å²) in [4.78, 5) is 22.6. The number of thioether (sulfide) groups is 1. The molecule has 4 rings (SSSR count). The van der Waals surface area contributed by atoms with Crippen LogP contribution in [0.15, 0.2) is 63.0 Å². The number of halogens is 1. The summed E-state index contributed by atoms with van der Waals surface area (Å²) in [5, 5.41) is 5.40. The fourth-order valence-electron chi connectivity index (χ4n) is 2.95. The standard InChI is InChI=1S/C22H21ClN4O2S/c1-13(18-25-20(26-29-18)22(2,3)4)30-21-24-16-11-7-5-9-14(16)19(28)27(21)17-12-8-6-10-15(17)23/h5-13H,1-4H3. The van der Waals surface area contributed by atoms with Crippen LogP contribution in [0.1, 0.15) is 44.7 Å². The van der Waals surface area contributed by atoms with Crippen LogP contribution in [0.25, 0.3) is 16.6 Å². The second kappa shape index (κ2) is 7.89. The molecule has 0 aliphatic heterocycles. The Morgan fingerprint density at radius 2 is 1.77 bits per heavy atom. The van der Waals surface area contributed by atoms with Crippen molar-refractivity contribution in [3.63, 3.8) is 0 Å². The molecule has 0 fully saturated rings. The Morgan fingerprint density at radius 1 is 1.07 bits per heavy atom. The van der Waals surface area contributed by atoms with Crippen LogP contribution in [0.3, 0.4) is 0 Å². The molecule has 4 aromatic rings. The van der Waals surface area contributed by atoms with Gasteiger partial charge >= 0.3 is 0 Å². The van der Waals surface area contributed by atoms with Gasteiger partial charge in [0.2, 0.25) is 5.89 Å². The molecule has 30 heavy (non-hydrogen) atoms. The first-order valence-electron chi connectivity index (χ1n) is 9.53. The Morgan fingerprint density at radius 3 is 2.47 bits per heavy atom. The second-order valence-electron chi connectivity index (χ2n) is 7.97. The molecule has 0 aliphatic carbocycles. The average Bonchev–Trinajstić information content (AvgIpc) is 3.20. The lowest BCUT2D eigenvalue weighted by molar-refractivity contribution is 0.364. The minimum absolute atomic E-state index is 0.177.